The number of nitrogens with two attached hydrogens (primary N) is 1. The molecule has 1 heterocycles. The van der Waals surface area contributed by atoms with Crippen LogP contribution < -0.4 is 5.73 Å². The molecule has 0 saturated carbocycles. The van der Waals surface area contributed by atoms with Crippen molar-refractivity contribution in [3.63, 3.8) is 0 Å². The number of imide groups is 1. The van der Waals surface area contributed by atoms with Crippen molar-refractivity contribution in [2.24, 2.45) is 5.73 Å². The lowest BCUT2D eigenvalue weighted by Crippen LogP contribution is -2.40. The minimum absolute atomic E-state index is 0.0706. The summed E-state index contributed by atoms with van der Waals surface area (Å²) < 4.78 is 0. The Labute approximate surface area is 271 Å². The van der Waals surface area contributed by atoms with Gasteiger partial charge in [0.2, 0.25) is 0 Å². The van der Waals surface area contributed by atoms with Gasteiger partial charge in [0.1, 0.15) is 6.04 Å². The molecular weight excluding hydrogens is 554 g/mol. The number of nitrogens with zero attached hydrogens (tertiary/aromatic N) is 2. The lowest BCUT2D eigenvalue weighted by molar-refractivity contribution is -0.198. The Bertz CT molecular complexity index is 689. The van der Waals surface area contributed by atoms with Crippen molar-refractivity contribution in [3.05, 3.63) is 0 Å². The lowest BCUT2D eigenvalue weighted by Gasteiger charge is -2.25. The van der Waals surface area contributed by atoms with Gasteiger partial charge in [0.15, 0.2) is 0 Å². The highest BCUT2D eigenvalue weighted by Gasteiger charge is 2.34. The van der Waals surface area contributed by atoms with E-state index in [4.69, 9.17) is 10.6 Å². The number of carbonyl (C=O) groups excluding carboxylic acids is 3. The fraction of sp³-hybridized carbons (Fsp3) is 0.917. The first-order valence-corrected chi connectivity index (χ1v) is 18.6. The minimum atomic E-state index is -0.866. The van der Waals surface area contributed by atoms with E-state index in [1.54, 1.807) is 0 Å². The maximum Gasteiger partial charge on any atom is 0.349 e. The zero-order valence-electron chi connectivity index (χ0n) is 29.3. The molecule has 2 atom stereocenters. The van der Waals surface area contributed by atoms with Crippen molar-refractivity contribution in [2.75, 3.05) is 19.6 Å². The molecule has 1 rings (SSSR count). The molecule has 2 unspecified atom stereocenters. The van der Waals surface area contributed by atoms with E-state index in [1.807, 2.05) is 13.8 Å². The summed E-state index contributed by atoms with van der Waals surface area (Å²) in [6.45, 7) is 11.0. The van der Waals surface area contributed by atoms with E-state index < -0.39 is 23.8 Å². The maximum atomic E-state index is 12.3. The molecule has 0 aromatic rings. The molecule has 260 valence electrons. The summed E-state index contributed by atoms with van der Waals surface area (Å²) in [5.41, 5.74) is 5.99. The average molecular weight is 626 g/mol. The number of aliphatic hydroxyl groups excluding tert-OH is 1. The molecule has 0 aromatic heterocycles. The molecule has 1 saturated heterocycles. The van der Waals surface area contributed by atoms with Gasteiger partial charge in [0.25, 0.3) is 11.8 Å². The molecule has 0 bridgehead atoms. The van der Waals surface area contributed by atoms with Gasteiger partial charge in [0, 0.05) is 19.4 Å². The van der Waals surface area contributed by atoms with Gasteiger partial charge >= 0.3 is 5.97 Å². The van der Waals surface area contributed by atoms with Gasteiger partial charge < -0.3 is 20.6 Å². The summed E-state index contributed by atoms with van der Waals surface area (Å²) in [4.78, 5) is 43.0. The highest BCUT2D eigenvalue weighted by atomic mass is 16.7. The number of hydrogen-bond acceptors (Lipinski definition) is 7. The second kappa shape index (κ2) is 30.2. The van der Waals surface area contributed by atoms with Gasteiger partial charge in [-0.25, -0.2) is 4.79 Å². The fourth-order valence-electron chi connectivity index (χ4n) is 5.65. The first-order chi connectivity index (χ1) is 21.4. The Hall–Kier alpha value is -1.51. The van der Waals surface area contributed by atoms with Crippen LogP contribution in [0.15, 0.2) is 0 Å². The molecule has 8 heteroatoms. The smallest absolute Gasteiger partial charge is 0.349 e. The summed E-state index contributed by atoms with van der Waals surface area (Å²) in [5.74, 6) is -1.72. The second-order valence-electron chi connectivity index (χ2n) is 12.5. The highest BCUT2D eigenvalue weighted by Crippen LogP contribution is 2.15. The van der Waals surface area contributed by atoms with Crippen molar-refractivity contribution < 1.29 is 24.3 Å². The number of aliphatic hydroxyl groups is 1. The average Bonchev–Trinajstić information content (AvgIpc) is 3.34. The van der Waals surface area contributed by atoms with Gasteiger partial charge in [0.05, 0.1) is 6.10 Å². The van der Waals surface area contributed by atoms with Crippen LogP contribution in [-0.2, 0) is 19.2 Å². The van der Waals surface area contributed by atoms with Gasteiger partial charge in [-0.2, -0.15) is 0 Å². The topological polar surface area (TPSA) is 113 Å². The van der Waals surface area contributed by atoms with Crippen LogP contribution in [0.25, 0.3) is 0 Å². The summed E-state index contributed by atoms with van der Waals surface area (Å²) in [6, 6.07) is -0.866. The molecule has 0 aromatic carbocycles. The molecule has 3 N–H and O–H groups in total. The van der Waals surface area contributed by atoms with Crippen molar-refractivity contribution in [1.82, 2.24) is 9.96 Å². The zero-order chi connectivity index (χ0) is 32.8. The lowest BCUT2D eigenvalue weighted by atomic mass is 10.0. The van der Waals surface area contributed by atoms with Crippen molar-refractivity contribution >= 4 is 17.8 Å². The van der Waals surface area contributed by atoms with Crippen LogP contribution in [0, 0.1) is 0 Å². The number of carbonyl (C=O) groups is 3. The third-order valence-corrected chi connectivity index (χ3v) is 8.42. The predicted molar refractivity (Wildman–Crippen MR) is 182 cm³/mol. The van der Waals surface area contributed by atoms with Crippen LogP contribution in [0.2, 0.25) is 0 Å². The molecule has 0 radical (unpaired) electrons. The molecule has 0 spiro atoms. The Morgan fingerprint density at radius 1 is 0.705 bits per heavy atom. The van der Waals surface area contributed by atoms with Crippen LogP contribution in [-0.4, -0.2) is 64.6 Å². The second-order valence-corrected chi connectivity index (χ2v) is 12.5. The number of hydrogen-bond donors (Lipinski definition) is 2. The molecular formula is C36H71N3O5. The first kappa shape index (κ1) is 42.5. The van der Waals surface area contributed by atoms with E-state index in [1.165, 1.54) is 103 Å². The van der Waals surface area contributed by atoms with Gasteiger partial charge in [-0.05, 0) is 38.8 Å². The van der Waals surface area contributed by atoms with E-state index in [0.29, 0.717) is 18.0 Å². The normalized spacial score (nSPS) is 14.6. The fourth-order valence-corrected chi connectivity index (χ4v) is 5.65. The van der Waals surface area contributed by atoms with E-state index >= 15 is 0 Å². The quantitative estimate of drug-likeness (QED) is 0.0636. The molecule has 8 nitrogen and oxygen atoms in total. The Kier molecular flexibility index (Phi) is 29.1. The zero-order valence-corrected chi connectivity index (χ0v) is 29.3. The minimum Gasteiger partial charge on any atom is -0.392 e. The number of amides is 2. The summed E-state index contributed by atoms with van der Waals surface area (Å²) in [5, 5.41) is 11.3. The first-order valence-electron chi connectivity index (χ1n) is 18.6. The van der Waals surface area contributed by atoms with Crippen LogP contribution in [0.4, 0.5) is 0 Å². The predicted octanol–water partition coefficient (Wildman–Crippen LogP) is 8.23. The largest absolute Gasteiger partial charge is 0.392 e. The van der Waals surface area contributed by atoms with Gasteiger partial charge in [-0.1, -0.05) is 143 Å². The molecule has 1 fully saturated rings. The number of rotatable bonds is 29. The van der Waals surface area contributed by atoms with Crippen molar-refractivity contribution in [3.8, 4) is 0 Å². The van der Waals surface area contributed by atoms with Gasteiger partial charge in [-0.3, -0.25) is 9.59 Å². The van der Waals surface area contributed by atoms with E-state index in [2.05, 4.69) is 18.7 Å². The van der Waals surface area contributed by atoms with Crippen LogP contribution in [0.1, 0.15) is 182 Å². The Balaban J connectivity index is 0.00000904. The van der Waals surface area contributed by atoms with Crippen LogP contribution in [0.5, 0.6) is 0 Å². The van der Waals surface area contributed by atoms with E-state index in [0.717, 1.165) is 45.2 Å². The third-order valence-electron chi connectivity index (χ3n) is 8.42. The molecule has 44 heavy (non-hydrogen) atoms. The monoisotopic (exact) mass is 626 g/mol. The number of unbranched alkanes of at least 4 members (excludes halogenated alkanes) is 17. The summed E-state index contributed by atoms with van der Waals surface area (Å²) in [7, 11) is 0. The number of hydroxylamine groups is 2. The molecule has 0 aliphatic carbocycles. The molecule has 2 amide bonds. The Morgan fingerprint density at radius 3 is 1.57 bits per heavy atom. The van der Waals surface area contributed by atoms with Crippen LogP contribution >= 0.6 is 0 Å². The maximum absolute atomic E-state index is 12.3. The van der Waals surface area contributed by atoms with Gasteiger partial charge in [-0.15, -0.1) is 5.06 Å². The van der Waals surface area contributed by atoms with E-state index in [9.17, 15) is 19.5 Å². The van der Waals surface area contributed by atoms with Crippen molar-refractivity contribution in [1.29, 1.82) is 0 Å². The van der Waals surface area contributed by atoms with Crippen molar-refractivity contribution in [2.45, 2.75) is 194 Å². The van der Waals surface area contributed by atoms with Crippen LogP contribution in [0.3, 0.4) is 0 Å². The van der Waals surface area contributed by atoms with E-state index in [-0.39, 0.29) is 18.9 Å². The highest BCUT2D eigenvalue weighted by molar-refractivity contribution is 6.01. The molecule has 1 aliphatic heterocycles. The SMILES string of the molecule is CC.CCCCCCCCCCCCN(CCCCC(N)C(=O)ON1C(=O)CCC1=O)CC(O)CCCCCCCCCC. The molecule has 1 aliphatic rings. The Morgan fingerprint density at radius 2 is 1.09 bits per heavy atom. The third kappa shape index (κ3) is 22.9. The standard InChI is InChI=1S/C34H65N3O5.C2H6/c1-3-5-7-9-11-13-14-16-18-21-27-36(29-30(38)23-19-17-15-12-10-8-6-4-2)28-22-20-24-31(35)34(41)42-37-32(39)25-26-33(37)40;1-2/h30-31,38H,3-29,35H2,1-2H3;1-2H3. The summed E-state index contributed by atoms with van der Waals surface area (Å²) >= 11 is 0. The summed E-state index contributed by atoms with van der Waals surface area (Å²) in [6.07, 6.45) is 25.9.